The second kappa shape index (κ2) is 7.95. The number of aliphatic hydroxyl groups excluding tert-OH is 1. The maximum absolute atomic E-state index is 10.8. The first-order chi connectivity index (χ1) is 11.1. The average Bonchev–Trinajstić information content (AvgIpc) is 2.56. The molecule has 0 amide bonds. The van der Waals surface area contributed by atoms with Gasteiger partial charge < -0.3 is 15.1 Å². The van der Waals surface area contributed by atoms with Gasteiger partial charge in [0, 0.05) is 19.3 Å². The Kier molecular flexibility index (Phi) is 5.71. The largest absolute Gasteiger partial charge is 0.478 e. The highest BCUT2D eigenvalue weighted by molar-refractivity contribution is 5.88. The molecule has 23 heavy (non-hydrogen) atoms. The number of carboxylic acids is 1. The number of likely N-dealkylation sites (N-methyl/N-ethyl adjacent to an activating group) is 1. The number of nitrogens with one attached hydrogen (secondary N) is 1. The molecule has 0 fully saturated rings. The normalized spacial score (nSPS) is 10.7. The van der Waals surface area contributed by atoms with E-state index in [1.165, 1.54) is 12.1 Å². The minimum absolute atomic E-state index is 0.115. The summed E-state index contributed by atoms with van der Waals surface area (Å²) >= 11 is 0. The van der Waals surface area contributed by atoms with Crippen LogP contribution in [0.3, 0.4) is 0 Å². The van der Waals surface area contributed by atoms with Gasteiger partial charge in [0.1, 0.15) is 0 Å². The van der Waals surface area contributed by atoms with Crippen molar-refractivity contribution in [2.24, 2.45) is 5.10 Å². The molecule has 0 saturated heterocycles. The Labute approximate surface area is 134 Å². The van der Waals surface area contributed by atoms with Crippen LogP contribution in [0.4, 0.5) is 11.4 Å². The summed E-state index contributed by atoms with van der Waals surface area (Å²) in [5.41, 5.74) is 5.75. The number of carbonyl (C=O) groups is 1. The SMILES string of the molecule is CN(CCO)c1ccc(/C=N\Nc2ccc(C(=O)O)cc2)cc1. The van der Waals surface area contributed by atoms with Gasteiger partial charge in [-0.3, -0.25) is 5.43 Å². The van der Waals surface area contributed by atoms with Crippen molar-refractivity contribution in [3.8, 4) is 0 Å². The van der Waals surface area contributed by atoms with Crippen LogP contribution >= 0.6 is 0 Å². The zero-order valence-corrected chi connectivity index (χ0v) is 12.8. The molecule has 120 valence electrons. The highest BCUT2D eigenvalue weighted by Gasteiger charge is 2.01. The van der Waals surface area contributed by atoms with E-state index in [-0.39, 0.29) is 12.2 Å². The summed E-state index contributed by atoms with van der Waals surface area (Å²) in [5, 5.41) is 21.9. The van der Waals surface area contributed by atoms with Gasteiger partial charge in [-0.15, -0.1) is 0 Å². The van der Waals surface area contributed by atoms with Crippen molar-refractivity contribution in [2.45, 2.75) is 0 Å². The molecule has 2 aromatic carbocycles. The fraction of sp³-hybridized carbons (Fsp3) is 0.176. The Balaban J connectivity index is 1.93. The Morgan fingerprint density at radius 2 is 1.83 bits per heavy atom. The first-order valence-electron chi connectivity index (χ1n) is 7.14. The molecule has 0 aliphatic rings. The quantitative estimate of drug-likeness (QED) is 0.539. The van der Waals surface area contributed by atoms with E-state index in [0.29, 0.717) is 12.2 Å². The van der Waals surface area contributed by atoms with Gasteiger partial charge in [0.05, 0.1) is 24.1 Å². The lowest BCUT2D eigenvalue weighted by Crippen LogP contribution is -2.20. The number of aliphatic hydroxyl groups is 1. The zero-order valence-electron chi connectivity index (χ0n) is 12.8. The van der Waals surface area contributed by atoms with Crippen molar-refractivity contribution >= 4 is 23.6 Å². The molecule has 6 nitrogen and oxygen atoms in total. The molecule has 0 heterocycles. The Bertz CT molecular complexity index is 666. The maximum Gasteiger partial charge on any atom is 0.335 e. The first kappa shape index (κ1) is 16.5. The van der Waals surface area contributed by atoms with Gasteiger partial charge in [0.25, 0.3) is 0 Å². The van der Waals surface area contributed by atoms with Gasteiger partial charge in [-0.25, -0.2) is 4.79 Å². The van der Waals surface area contributed by atoms with Crippen LogP contribution in [-0.4, -0.2) is 42.6 Å². The average molecular weight is 313 g/mol. The third-order valence-electron chi connectivity index (χ3n) is 3.31. The molecule has 0 aromatic heterocycles. The summed E-state index contributed by atoms with van der Waals surface area (Å²) in [6.45, 7) is 0.700. The number of rotatable bonds is 7. The topological polar surface area (TPSA) is 85.2 Å². The van der Waals surface area contributed by atoms with Gasteiger partial charge in [-0.05, 0) is 42.0 Å². The van der Waals surface area contributed by atoms with Crippen LogP contribution in [0.1, 0.15) is 15.9 Å². The Hall–Kier alpha value is -2.86. The smallest absolute Gasteiger partial charge is 0.335 e. The highest BCUT2D eigenvalue weighted by atomic mass is 16.4. The van der Waals surface area contributed by atoms with Crippen molar-refractivity contribution in [2.75, 3.05) is 30.5 Å². The number of hydrogen-bond donors (Lipinski definition) is 3. The molecular formula is C17H19N3O3. The van der Waals surface area contributed by atoms with Crippen LogP contribution in [0.15, 0.2) is 53.6 Å². The predicted octanol–water partition coefficient (Wildman–Crippen LogP) is 2.26. The van der Waals surface area contributed by atoms with E-state index in [4.69, 9.17) is 10.2 Å². The number of carboxylic acid groups (broad SMARTS) is 1. The summed E-state index contributed by atoms with van der Waals surface area (Å²) in [6.07, 6.45) is 1.68. The van der Waals surface area contributed by atoms with E-state index in [9.17, 15) is 4.79 Å². The van der Waals surface area contributed by atoms with E-state index in [1.54, 1.807) is 18.3 Å². The minimum Gasteiger partial charge on any atom is -0.478 e. The van der Waals surface area contributed by atoms with E-state index >= 15 is 0 Å². The summed E-state index contributed by atoms with van der Waals surface area (Å²) in [6, 6.07) is 14.1. The third kappa shape index (κ3) is 4.82. The van der Waals surface area contributed by atoms with Gasteiger partial charge >= 0.3 is 5.97 Å². The molecule has 0 atom stereocenters. The Morgan fingerprint density at radius 1 is 1.17 bits per heavy atom. The van der Waals surface area contributed by atoms with Crippen molar-refractivity contribution in [3.05, 3.63) is 59.7 Å². The van der Waals surface area contributed by atoms with Gasteiger partial charge in [0.15, 0.2) is 0 Å². The Morgan fingerprint density at radius 3 is 2.39 bits per heavy atom. The van der Waals surface area contributed by atoms with Crippen LogP contribution < -0.4 is 10.3 Å². The molecule has 2 rings (SSSR count). The molecule has 6 heteroatoms. The lowest BCUT2D eigenvalue weighted by molar-refractivity contribution is 0.0697. The van der Waals surface area contributed by atoms with Crippen LogP contribution in [0.5, 0.6) is 0 Å². The van der Waals surface area contributed by atoms with Gasteiger partial charge in [0.2, 0.25) is 0 Å². The van der Waals surface area contributed by atoms with Gasteiger partial charge in [-0.2, -0.15) is 5.10 Å². The molecule has 0 radical (unpaired) electrons. The lowest BCUT2D eigenvalue weighted by Gasteiger charge is -2.17. The summed E-state index contributed by atoms with van der Waals surface area (Å²) in [7, 11) is 1.92. The van der Waals surface area contributed by atoms with E-state index in [0.717, 1.165) is 11.3 Å². The van der Waals surface area contributed by atoms with Crippen LogP contribution in [0.25, 0.3) is 0 Å². The second-order valence-corrected chi connectivity index (χ2v) is 4.99. The number of nitrogens with zero attached hydrogens (tertiary/aromatic N) is 2. The number of hydrazone groups is 1. The van der Waals surface area contributed by atoms with Crippen molar-refractivity contribution < 1.29 is 15.0 Å². The monoisotopic (exact) mass is 313 g/mol. The predicted molar refractivity (Wildman–Crippen MR) is 91.4 cm³/mol. The fourth-order valence-corrected chi connectivity index (χ4v) is 1.96. The number of hydrogen-bond acceptors (Lipinski definition) is 5. The number of anilines is 2. The summed E-state index contributed by atoms with van der Waals surface area (Å²) < 4.78 is 0. The van der Waals surface area contributed by atoms with E-state index in [1.807, 2.05) is 36.2 Å². The number of benzene rings is 2. The maximum atomic E-state index is 10.8. The summed E-state index contributed by atoms with van der Waals surface area (Å²) in [4.78, 5) is 12.7. The molecule has 0 spiro atoms. The molecule has 0 unspecified atom stereocenters. The molecule has 3 N–H and O–H groups in total. The lowest BCUT2D eigenvalue weighted by atomic mass is 10.2. The van der Waals surface area contributed by atoms with Crippen molar-refractivity contribution in [3.63, 3.8) is 0 Å². The first-order valence-corrected chi connectivity index (χ1v) is 7.14. The molecular weight excluding hydrogens is 294 g/mol. The molecule has 0 saturated carbocycles. The van der Waals surface area contributed by atoms with Crippen LogP contribution in [0.2, 0.25) is 0 Å². The minimum atomic E-state index is -0.952. The standard InChI is InChI=1S/C17H19N3O3/c1-20(10-11-21)16-8-2-13(3-9-16)12-18-19-15-6-4-14(5-7-15)17(22)23/h2-9,12,19,21H,10-11H2,1H3,(H,22,23)/b18-12-. The fourth-order valence-electron chi connectivity index (χ4n) is 1.96. The molecule has 0 aliphatic heterocycles. The van der Waals surface area contributed by atoms with Crippen molar-refractivity contribution in [1.29, 1.82) is 0 Å². The van der Waals surface area contributed by atoms with Crippen LogP contribution in [-0.2, 0) is 0 Å². The van der Waals surface area contributed by atoms with Crippen LogP contribution in [0, 0.1) is 0 Å². The molecule has 0 aliphatic carbocycles. The second-order valence-electron chi connectivity index (χ2n) is 4.99. The molecule has 2 aromatic rings. The van der Waals surface area contributed by atoms with E-state index in [2.05, 4.69) is 10.5 Å². The summed E-state index contributed by atoms with van der Waals surface area (Å²) in [5.74, 6) is -0.952. The third-order valence-corrected chi connectivity index (χ3v) is 3.31. The van der Waals surface area contributed by atoms with Crippen molar-refractivity contribution in [1.82, 2.24) is 0 Å². The number of aromatic carboxylic acids is 1. The zero-order chi connectivity index (χ0) is 16.7. The van der Waals surface area contributed by atoms with E-state index < -0.39 is 5.97 Å². The molecule has 0 bridgehead atoms. The van der Waals surface area contributed by atoms with Gasteiger partial charge in [-0.1, -0.05) is 12.1 Å². The highest BCUT2D eigenvalue weighted by Crippen LogP contribution is 2.13.